The van der Waals surface area contributed by atoms with Gasteiger partial charge in [-0.25, -0.2) is 4.79 Å². The summed E-state index contributed by atoms with van der Waals surface area (Å²) in [4.78, 5) is 11.0. The second-order valence-corrected chi connectivity index (χ2v) is 6.62. The number of hydrogen-bond acceptors (Lipinski definition) is 3. The zero-order chi connectivity index (χ0) is 15.5. The molecule has 0 saturated heterocycles. The van der Waals surface area contributed by atoms with Crippen molar-refractivity contribution in [1.29, 1.82) is 0 Å². The molecule has 21 heavy (non-hydrogen) atoms. The number of aliphatic hydroxyl groups is 1. The molecule has 1 aliphatic heterocycles. The van der Waals surface area contributed by atoms with Gasteiger partial charge in [0, 0.05) is 11.6 Å². The molecule has 0 spiro atoms. The topological polar surface area (TPSA) is 46.5 Å². The lowest BCUT2D eigenvalue weighted by Gasteiger charge is -2.05. The highest BCUT2D eigenvalue weighted by atomic mass is 79.9. The number of carbonyl (C=O) groups is 1. The van der Waals surface area contributed by atoms with Crippen LogP contribution in [-0.2, 0) is 9.53 Å². The fourth-order valence-electron chi connectivity index (χ4n) is 2.39. The van der Waals surface area contributed by atoms with Crippen molar-refractivity contribution in [1.82, 2.24) is 0 Å². The van der Waals surface area contributed by atoms with Crippen molar-refractivity contribution in [2.24, 2.45) is 0 Å². The number of allylic oxidation sites excluding steroid dienone is 1. The Kier molecular flexibility index (Phi) is 9.68. The number of hydrogen-bond donors (Lipinski definition) is 1. The molecule has 0 aromatic heterocycles. The van der Waals surface area contributed by atoms with E-state index < -0.39 is 12.3 Å². The molecule has 1 unspecified atom stereocenters. The number of ether oxygens (including phenoxy) is 1. The van der Waals surface area contributed by atoms with E-state index in [1.54, 1.807) is 6.08 Å². The molecule has 0 bridgehead atoms. The highest BCUT2D eigenvalue weighted by molar-refractivity contribution is 9.11. The molecule has 1 heterocycles. The lowest BCUT2D eigenvalue weighted by molar-refractivity contribution is -0.150. The summed E-state index contributed by atoms with van der Waals surface area (Å²) < 4.78 is 5.64. The Hall–Kier alpha value is -0.610. The number of rotatable bonds is 11. The molecule has 1 N–H and O–H groups in total. The molecular formula is C17H27BrO3. The fourth-order valence-corrected chi connectivity index (χ4v) is 2.93. The number of aliphatic hydroxyl groups excluding tert-OH is 1. The molecule has 0 saturated carbocycles. The molecule has 0 radical (unpaired) electrons. The number of carbonyl (C=O) groups excluding carboxylic acids is 1. The van der Waals surface area contributed by atoms with Gasteiger partial charge in [0.25, 0.3) is 0 Å². The van der Waals surface area contributed by atoms with E-state index in [0.29, 0.717) is 5.57 Å². The molecule has 1 atom stereocenters. The largest absolute Gasteiger partial charge is 0.428 e. The van der Waals surface area contributed by atoms with Crippen LogP contribution in [0.2, 0.25) is 0 Å². The van der Waals surface area contributed by atoms with Crippen LogP contribution in [0.15, 0.2) is 22.2 Å². The van der Waals surface area contributed by atoms with Crippen molar-refractivity contribution in [2.75, 3.05) is 0 Å². The quantitative estimate of drug-likeness (QED) is 0.418. The van der Waals surface area contributed by atoms with Crippen molar-refractivity contribution in [2.45, 2.75) is 77.4 Å². The van der Waals surface area contributed by atoms with Gasteiger partial charge in [0.15, 0.2) is 0 Å². The van der Waals surface area contributed by atoms with Gasteiger partial charge in [-0.15, -0.1) is 0 Å². The number of unbranched alkanes of at least 4 members (excludes halogenated alkanes) is 8. The molecular weight excluding hydrogens is 332 g/mol. The van der Waals surface area contributed by atoms with Gasteiger partial charge in [0.2, 0.25) is 6.29 Å². The van der Waals surface area contributed by atoms with Crippen molar-refractivity contribution in [3.05, 3.63) is 22.2 Å². The standard InChI is InChI=1S/C17H27BrO3/c1-2-3-4-5-6-7-8-9-10-11-15(18)12-14-13-16(19)21-17(14)20/h12-13,17,20H,2-11H2,1H3/b15-12-. The van der Waals surface area contributed by atoms with Crippen LogP contribution in [0, 0.1) is 0 Å². The highest BCUT2D eigenvalue weighted by Crippen LogP contribution is 2.22. The van der Waals surface area contributed by atoms with Crippen LogP contribution in [0.25, 0.3) is 0 Å². The molecule has 4 heteroatoms. The average molecular weight is 359 g/mol. The molecule has 120 valence electrons. The third-order valence-corrected chi connectivity index (χ3v) is 4.27. The summed E-state index contributed by atoms with van der Waals surface area (Å²) in [5.41, 5.74) is 0.530. The SMILES string of the molecule is CCCCCCCCCCC/C(Br)=C/C1=CC(=O)OC1O. The van der Waals surface area contributed by atoms with Crippen LogP contribution < -0.4 is 0 Å². The molecule has 0 fully saturated rings. The Morgan fingerprint density at radius 1 is 1.19 bits per heavy atom. The van der Waals surface area contributed by atoms with Crippen molar-refractivity contribution in [3.8, 4) is 0 Å². The average Bonchev–Trinajstić information content (AvgIpc) is 2.75. The van der Waals surface area contributed by atoms with Crippen LogP contribution in [0.3, 0.4) is 0 Å². The maximum atomic E-state index is 11.0. The van der Waals surface area contributed by atoms with Gasteiger partial charge in [-0.3, -0.25) is 0 Å². The fraction of sp³-hybridized carbons (Fsp3) is 0.706. The first-order chi connectivity index (χ1) is 10.1. The Balaban J connectivity index is 2.05. The minimum Gasteiger partial charge on any atom is -0.428 e. The summed E-state index contributed by atoms with van der Waals surface area (Å²) >= 11 is 3.49. The minimum absolute atomic E-state index is 0.475. The van der Waals surface area contributed by atoms with Crippen LogP contribution >= 0.6 is 15.9 Å². The number of halogens is 1. The normalized spacial score (nSPS) is 18.8. The summed E-state index contributed by atoms with van der Waals surface area (Å²) in [6.07, 6.45) is 14.7. The Morgan fingerprint density at radius 3 is 2.29 bits per heavy atom. The van der Waals surface area contributed by atoms with Gasteiger partial charge in [-0.2, -0.15) is 0 Å². The lowest BCUT2D eigenvalue weighted by Crippen LogP contribution is -2.08. The van der Waals surface area contributed by atoms with E-state index in [0.717, 1.165) is 17.3 Å². The van der Waals surface area contributed by atoms with Crippen molar-refractivity contribution in [3.63, 3.8) is 0 Å². The number of esters is 1. The Labute approximate surface area is 136 Å². The third-order valence-electron chi connectivity index (χ3n) is 3.64. The summed E-state index contributed by atoms with van der Waals surface area (Å²) in [5, 5.41) is 9.46. The molecule has 0 aliphatic carbocycles. The minimum atomic E-state index is -1.10. The second kappa shape index (κ2) is 11.0. The summed E-state index contributed by atoms with van der Waals surface area (Å²) in [5.74, 6) is -0.475. The predicted octanol–water partition coefficient (Wildman–Crippen LogP) is 4.99. The molecule has 1 rings (SSSR count). The van der Waals surface area contributed by atoms with E-state index in [-0.39, 0.29) is 0 Å². The van der Waals surface area contributed by atoms with Gasteiger partial charge in [-0.1, -0.05) is 74.2 Å². The molecule has 0 amide bonds. The van der Waals surface area contributed by atoms with Gasteiger partial charge in [-0.05, 0) is 23.4 Å². The van der Waals surface area contributed by atoms with Crippen LogP contribution in [0.4, 0.5) is 0 Å². The second-order valence-electron chi connectivity index (χ2n) is 5.60. The van der Waals surface area contributed by atoms with Gasteiger partial charge < -0.3 is 9.84 Å². The van der Waals surface area contributed by atoms with Crippen molar-refractivity contribution < 1.29 is 14.6 Å². The maximum Gasteiger partial charge on any atom is 0.333 e. The van der Waals surface area contributed by atoms with Crippen LogP contribution in [0.1, 0.15) is 71.1 Å². The third kappa shape index (κ3) is 8.42. The summed E-state index contributed by atoms with van der Waals surface area (Å²) in [7, 11) is 0. The van der Waals surface area contributed by atoms with Gasteiger partial charge in [0.05, 0.1) is 0 Å². The first kappa shape index (κ1) is 18.4. The zero-order valence-corrected chi connectivity index (χ0v) is 14.5. The number of cyclic esters (lactones) is 1. The monoisotopic (exact) mass is 358 g/mol. The van der Waals surface area contributed by atoms with Gasteiger partial charge in [0.1, 0.15) is 0 Å². The Morgan fingerprint density at radius 2 is 1.76 bits per heavy atom. The van der Waals surface area contributed by atoms with E-state index in [1.165, 1.54) is 57.4 Å². The smallest absolute Gasteiger partial charge is 0.333 e. The van der Waals surface area contributed by atoms with E-state index in [1.807, 2.05) is 0 Å². The lowest BCUT2D eigenvalue weighted by atomic mass is 10.1. The van der Waals surface area contributed by atoms with E-state index in [9.17, 15) is 9.90 Å². The molecule has 0 aromatic carbocycles. The highest BCUT2D eigenvalue weighted by Gasteiger charge is 2.21. The predicted molar refractivity (Wildman–Crippen MR) is 89.0 cm³/mol. The first-order valence-corrected chi connectivity index (χ1v) is 8.89. The molecule has 0 aromatic rings. The first-order valence-electron chi connectivity index (χ1n) is 8.10. The zero-order valence-electron chi connectivity index (χ0n) is 12.9. The van der Waals surface area contributed by atoms with Gasteiger partial charge >= 0.3 is 5.97 Å². The van der Waals surface area contributed by atoms with Crippen LogP contribution in [-0.4, -0.2) is 17.4 Å². The summed E-state index contributed by atoms with van der Waals surface area (Å²) in [6.45, 7) is 2.24. The van der Waals surface area contributed by atoms with E-state index in [4.69, 9.17) is 0 Å². The molecule has 1 aliphatic rings. The van der Waals surface area contributed by atoms with E-state index in [2.05, 4.69) is 27.6 Å². The van der Waals surface area contributed by atoms with E-state index >= 15 is 0 Å². The maximum absolute atomic E-state index is 11.0. The van der Waals surface area contributed by atoms with Crippen LogP contribution in [0.5, 0.6) is 0 Å². The molecule has 3 nitrogen and oxygen atoms in total. The Bertz CT molecular complexity index is 374. The van der Waals surface area contributed by atoms with Crippen molar-refractivity contribution >= 4 is 21.9 Å². The summed E-state index contributed by atoms with van der Waals surface area (Å²) in [6, 6.07) is 0.